The zero-order valence-electron chi connectivity index (χ0n) is 13.3. The van der Waals surface area contributed by atoms with E-state index < -0.39 is 7.81 Å². The molecule has 0 spiro atoms. The van der Waals surface area contributed by atoms with Gasteiger partial charge >= 0.3 is 33.0 Å². The molecule has 0 aliphatic carbocycles. The molecule has 0 saturated carbocycles. The maximum atomic E-state index is 12.1. The Morgan fingerprint density at radius 1 is 1.00 bits per heavy atom. The van der Waals surface area contributed by atoms with Gasteiger partial charge in [0.05, 0.1) is 13.5 Å². The van der Waals surface area contributed by atoms with E-state index in [0.29, 0.717) is 12.0 Å². The Morgan fingerprint density at radius 3 is 1.96 bits per heavy atom. The maximum absolute atomic E-state index is 12.1. The van der Waals surface area contributed by atoms with Gasteiger partial charge in [-0.25, -0.2) is 4.57 Å². The predicted octanol–water partition coefficient (Wildman–Crippen LogP) is 5.33. The second-order valence-corrected chi connectivity index (χ2v) is 7.01. The Balaban J connectivity index is 0.000000381. The van der Waals surface area contributed by atoms with Crippen LogP contribution in [-0.2, 0) is 13.5 Å². The van der Waals surface area contributed by atoms with Crippen LogP contribution in [0.1, 0.15) is 16.1 Å². The molecule has 3 nitrogen and oxygen atoms in total. The zero-order chi connectivity index (χ0) is 19.4. The molecule has 0 bridgehead atoms. The Morgan fingerprint density at radius 2 is 1.52 bits per heavy atom. The first kappa shape index (κ1) is 20.9. The van der Waals surface area contributed by atoms with E-state index in [2.05, 4.69) is 0 Å². The molecular weight excluding hydrogens is 371 g/mol. The van der Waals surface area contributed by atoms with E-state index in [1.165, 1.54) is 0 Å². The Labute approximate surface area is 140 Å². The number of methoxy groups -OCH3 is 1. The molecule has 1 aromatic carbocycles. The van der Waals surface area contributed by atoms with E-state index >= 15 is 0 Å². The third kappa shape index (κ3) is 10.3. The first-order valence-corrected chi connectivity index (χ1v) is 8.86. The number of aryl methyl sites for hydroxylation is 1. The van der Waals surface area contributed by atoms with Crippen molar-refractivity contribution in [3.63, 3.8) is 0 Å². The van der Waals surface area contributed by atoms with Gasteiger partial charge in [-0.3, -0.25) is 4.79 Å². The van der Waals surface area contributed by atoms with Gasteiger partial charge in [0.15, 0.2) is 17.7 Å². The molecule has 0 unspecified atom stereocenters. The van der Waals surface area contributed by atoms with Crippen LogP contribution in [0.2, 0.25) is 0 Å². The van der Waals surface area contributed by atoms with Crippen LogP contribution in [0, 0.1) is 0 Å². The van der Waals surface area contributed by atoms with E-state index in [9.17, 15) is 30.0 Å². The van der Waals surface area contributed by atoms with Crippen molar-refractivity contribution in [3.05, 3.63) is 59.9 Å². The van der Waals surface area contributed by atoms with Crippen LogP contribution in [0.4, 0.5) is 25.2 Å². The van der Waals surface area contributed by atoms with Gasteiger partial charge in [0, 0.05) is 17.7 Å². The van der Waals surface area contributed by atoms with Gasteiger partial charge in [-0.2, -0.15) is 0 Å². The van der Waals surface area contributed by atoms with Crippen molar-refractivity contribution in [2.75, 3.05) is 7.11 Å². The van der Waals surface area contributed by atoms with Crippen molar-refractivity contribution in [2.24, 2.45) is 7.05 Å². The molecule has 0 saturated heterocycles. The third-order valence-corrected chi connectivity index (χ3v) is 2.92. The van der Waals surface area contributed by atoms with Gasteiger partial charge in [-0.05, 0) is 24.3 Å². The number of ketones is 1. The standard InChI is InChI=1S/C15H16NO2.F6P/c1-16-10-4-3-5-13(16)11-15(17)12-6-8-14(18-2)9-7-12;1-7(2,3,4,5)6/h3-10H,11H2,1-2H3;/q+1;-1. The number of nitrogens with zero attached hydrogens (tertiary/aromatic N) is 1. The van der Waals surface area contributed by atoms with Crippen LogP contribution in [0.25, 0.3) is 0 Å². The predicted molar refractivity (Wildman–Crippen MR) is 82.2 cm³/mol. The molecule has 140 valence electrons. The molecule has 1 heterocycles. The van der Waals surface area contributed by atoms with Crippen LogP contribution < -0.4 is 9.30 Å². The number of Topliss-reactive ketones (excluding diaryl/α,β-unsaturated/α-hetero) is 1. The molecule has 0 radical (unpaired) electrons. The summed E-state index contributed by atoms with van der Waals surface area (Å²) in [6, 6.07) is 13.0. The number of pyridine rings is 1. The minimum absolute atomic E-state index is 0.111. The van der Waals surface area contributed by atoms with Gasteiger partial charge in [0.2, 0.25) is 0 Å². The van der Waals surface area contributed by atoms with Gasteiger partial charge in [0.25, 0.3) is 0 Å². The Bertz CT molecular complexity index is 733. The first-order chi connectivity index (χ1) is 11.2. The van der Waals surface area contributed by atoms with Gasteiger partial charge < -0.3 is 4.74 Å². The summed E-state index contributed by atoms with van der Waals surface area (Å²) in [6.45, 7) is 0. The molecule has 0 amide bonds. The van der Waals surface area contributed by atoms with Crippen molar-refractivity contribution < 1.29 is 39.3 Å². The summed E-state index contributed by atoms with van der Waals surface area (Å²) in [7, 11) is -7.10. The van der Waals surface area contributed by atoms with E-state index in [0.717, 1.165) is 11.4 Å². The van der Waals surface area contributed by atoms with Gasteiger partial charge in [0.1, 0.15) is 12.8 Å². The molecule has 0 atom stereocenters. The van der Waals surface area contributed by atoms with E-state index in [-0.39, 0.29) is 5.78 Å². The van der Waals surface area contributed by atoms with Crippen molar-refractivity contribution in [3.8, 4) is 5.75 Å². The fourth-order valence-electron chi connectivity index (χ4n) is 1.79. The van der Waals surface area contributed by atoms with E-state index in [1.807, 2.05) is 36.0 Å². The van der Waals surface area contributed by atoms with Gasteiger partial charge in [-0.15, -0.1) is 0 Å². The summed E-state index contributed by atoms with van der Waals surface area (Å²) < 4.78 is 66.2. The van der Waals surface area contributed by atoms with E-state index in [1.54, 1.807) is 31.4 Å². The summed E-state index contributed by atoms with van der Waals surface area (Å²) in [5, 5.41) is 0. The second-order valence-electron chi connectivity index (χ2n) is 5.09. The molecule has 0 fully saturated rings. The van der Waals surface area contributed by atoms with Crippen LogP contribution in [-0.4, -0.2) is 12.9 Å². The molecule has 25 heavy (non-hydrogen) atoms. The van der Waals surface area contributed by atoms with Crippen molar-refractivity contribution in [1.82, 2.24) is 0 Å². The Hall–Kier alpha value is -2.15. The summed E-state index contributed by atoms with van der Waals surface area (Å²) in [4.78, 5) is 12.1. The SMILES string of the molecule is COc1ccc(C(=O)Cc2cccc[n+]2C)cc1.F[P-](F)(F)(F)(F)F. The number of carbonyl (C=O) groups is 1. The molecule has 1 aromatic heterocycles. The monoisotopic (exact) mass is 387 g/mol. The number of halogens is 6. The molecule has 0 aliphatic heterocycles. The summed E-state index contributed by atoms with van der Waals surface area (Å²) in [5.74, 6) is 0.872. The number of aromatic nitrogens is 1. The molecule has 2 aromatic rings. The average molecular weight is 387 g/mol. The zero-order valence-corrected chi connectivity index (χ0v) is 14.2. The third-order valence-electron chi connectivity index (χ3n) is 2.92. The van der Waals surface area contributed by atoms with Crippen molar-refractivity contribution in [1.29, 1.82) is 0 Å². The van der Waals surface area contributed by atoms with E-state index in [4.69, 9.17) is 4.74 Å². The first-order valence-electron chi connectivity index (χ1n) is 6.83. The minimum atomic E-state index is -10.7. The molecule has 2 rings (SSSR count). The summed E-state index contributed by atoms with van der Waals surface area (Å²) in [5.41, 5.74) is 1.71. The summed E-state index contributed by atoms with van der Waals surface area (Å²) >= 11 is 0. The summed E-state index contributed by atoms with van der Waals surface area (Å²) in [6.07, 6.45) is 2.35. The molecule has 0 N–H and O–H groups in total. The normalized spacial score (nSPS) is 13.8. The van der Waals surface area contributed by atoms with Crippen LogP contribution in [0.15, 0.2) is 48.7 Å². The van der Waals surface area contributed by atoms with Crippen molar-refractivity contribution in [2.45, 2.75) is 6.42 Å². The van der Waals surface area contributed by atoms with Crippen molar-refractivity contribution >= 4 is 13.6 Å². The fourth-order valence-corrected chi connectivity index (χ4v) is 1.79. The number of rotatable bonds is 4. The molecular formula is C15H16F6NO2P. The van der Waals surface area contributed by atoms with Gasteiger partial charge in [-0.1, -0.05) is 6.07 Å². The quantitative estimate of drug-likeness (QED) is 0.307. The number of benzene rings is 1. The number of hydrogen-bond acceptors (Lipinski definition) is 2. The number of ether oxygens (including phenoxy) is 1. The van der Waals surface area contributed by atoms with Crippen LogP contribution in [0.3, 0.4) is 0 Å². The molecule has 10 heteroatoms. The average Bonchev–Trinajstić information content (AvgIpc) is 2.46. The van der Waals surface area contributed by atoms with Crippen LogP contribution >= 0.6 is 7.81 Å². The number of hydrogen-bond donors (Lipinski definition) is 0. The topological polar surface area (TPSA) is 30.2 Å². The molecule has 0 aliphatic rings. The second kappa shape index (κ2) is 6.63. The number of carbonyl (C=O) groups excluding carboxylic acids is 1. The van der Waals surface area contributed by atoms with Crippen LogP contribution in [0.5, 0.6) is 5.75 Å². The Kier molecular flexibility index (Phi) is 5.54. The fraction of sp³-hybridized carbons (Fsp3) is 0.200.